The minimum Gasteiger partial charge on any atom is -0.481 e. The molecule has 26 heavy (non-hydrogen) atoms. The van der Waals surface area contributed by atoms with Crippen molar-refractivity contribution in [2.24, 2.45) is 0 Å². The van der Waals surface area contributed by atoms with Gasteiger partial charge in [-0.05, 0) is 47.1 Å². The van der Waals surface area contributed by atoms with Crippen molar-refractivity contribution in [2.45, 2.75) is 44.6 Å². The summed E-state index contributed by atoms with van der Waals surface area (Å²) >= 11 is 2.20. The standard InChI is InChI=1S/C20H20IN3O2/c21-20-23-22-18(6-3-7-19(25)26)24(20)12-14-10-11-16(13-8-9-13)17-5-2-1-4-15(14)17/h1-2,4-5,10-11,13H,3,6-9,12H2,(H,25,26). The van der Waals surface area contributed by atoms with Crippen molar-refractivity contribution >= 4 is 39.3 Å². The number of rotatable bonds is 7. The van der Waals surface area contributed by atoms with Gasteiger partial charge >= 0.3 is 5.97 Å². The van der Waals surface area contributed by atoms with E-state index in [9.17, 15) is 4.79 Å². The Balaban J connectivity index is 1.65. The lowest BCUT2D eigenvalue weighted by Crippen LogP contribution is -2.09. The minimum atomic E-state index is -0.771. The van der Waals surface area contributed by atoms with E-state index in [1.807, 2.05) is 0 Å². The van der Waals surface area contributed by atoms with Gasteiger partial charge in [0.05, 0.1) is 6.54 Å². The number of aliphatic carboxylic acids is 1. The molecule has 0 aliphatic heterocycles. The van der Waals surface area contributed by atoms with Crippen LogP contribution in [0.15, 0.2) is 36.4 Å². The van der Waals surface area contributed by atoms with Crippen LogP contribution in [-0.2, 0) is 17.8 Å². The van der Waals surface area contributed by atoms with Crippen molar-refractivity contribution in [3.63, 3.8) is 0 Å². The van der Waals surface area contributed by atoms with Gasteiger partial charge in [-0.15, -0.1) is 10.2 Å². The zero-order valence-electron chi connectivity index (χ0n) is 14.4. The molecule has 2 aromatic carbocycles. The van der Waals surface area contributed by atoms with Crippen LogP contribution in [0.4, 0.5) is 0 Å². The van der Waals surface area contributed by atoms with Crippen molar-refractivity contribution in [2.75, 3.05) is 0 Å². The molecule has 0 saturated heterocycles. The van der Waals surface area contributed by atoms with Crippen LogP contribution in [0.1, 0.15) is 48.6 Å². The summed E-state index contributed by atoms with van der Waals surface area (Å²) in [6, 6.07) is 13.1. The highest BCUT2D eigenvalue weighted by atomic mass is 127. The number of aromatic nitrogens is 3. The number of hydrogen-bond acceptors (Lipinski definition) is 3. The average Bonchev–Trinajstić information content (AvgIpc) is 3.42. The van der Waals surface area contributed by atoms with Gasteiger partial charge < -0.3 is 9.67 Å². The third kappa shape index (κ3) is 3.60. The highest BCUT2D eigenvalue weighted by Gasteiger charge is 2.25. The Morgan fingerprint density at radius 2 is 1.92 bits per heavy atom. The van der Waals surface area contributed by atoms with Gasteiger partial charge in [0, 0.05) is 35.4 Å². The fourth-order valence-corrected chi connectivity index (χ4v) is 4.05. The molecule has 0 bridgehead atoms. The number of carbonyl (C=O) groups is 1. The molecule has 1 fully saturated rings. The van der Waals surface area contributed by atoms with Gasteiger partial charge in [-0.25, -0.2) is 0 Å². The molecule has 134 valence electrons. The molecule has 0 spiro atoms. The molecule has 0 radical (unpaired) electrons. The van der Waals surface area contributed by atoms with E-state index in [0.29, 0.717) is 19.4 Å². The first-order chi connectivity index (χ1) is 12.6. The number of aryl methyl sites for hydroxylation is 1. The van der Waals surface area contributed by atoms with Crippen molar-refractivity contribution in [3.05, 3.63) is 57.2 Å². The molecule has 4 rings (SSSR count). The van der Waals surface area contributed by atoms with E-state index < -0.39 is 5.97 Å². The number of nitrogens with zero attached hydrogens (tertiary/aromatic N) is 3. The van der Waals surface area contributed by atoms with Crippen molar-refractivity contribution in [1.29, 1.82) is 0 Å². The summed E-state index contributed by atoms with van der Waals surface area (Å²) in [6.07, 6.45) is 3.94. The normalized spacial score (nSPS) is 14.0. The molecule has 1 aliphatic rings. The maximum Gasteiger partial charge on any atom is 0.303 e. The van der Waals surface area contributed by atoms with E-state index in [-0.39, 0.29) is 6.42 Å². The number of carboxylic acids is 1. The second kappa shape index (κ2) is 7.34. The van der Waals surface area contributed by atoms with E-state index >= 15 is 0 Å². The van der Waals surface area contributed by atoms with E-state index in [1.165, 1.54) is 34.7 Å². The summed E-state index contributed by atoms with van der Waals surface area (Å²) in [5, 5.41) is 19.9. The summed E-state index contributed by atoms with van der Waals surface area (Å²) in [5.74, 6) is 0.800. The van der Waals surface area contributed by atoms with E-state index in [0.717, 1.165) is 15.6 Å². The first-order valence-corrected chi connectivity index (χ1v) is 10.0. The van der Waals surface area contributed by atoms with Crippen LogP contribution in [0.2, 0.25) is 0 Å². The summed E-state index contributed by atoms with van der Waals surface area (Å²) in [6.45, 7) is 0.707. The molecule has 0 amide bonds. The number of hydrogen-bond donors (Lipinski definition) is 1. The molecule has 1 aliphatic carbocycles. The zero-order valence-corrected chi connectivity index (χ0v) is 16.5. The monoisotopic (exact) mass is 461 g/mol. The summed E-state index contributed by atoms with van der Waals surface area (Å²) in [5.41, 5.74) is 2.71. The van der Waals surface area contributed by atoms with Crippen LogP contribution in [0, 0.1) is 3.83 Å². The Bertz CT molecular complexity index is 963. The van der Waals surface area contributed by atoms with Crippen LogP contribution in [0.5, 0.6) is 0 Å². The Hall–Kier alpha value is -1.96. The second-order valence-corrected chi connectivity index (χ2v) is 7.82. The van der Waals surface area contributed by atoms with Crippen LogP contribution in [-0.4, -0.2) is 25.8 Å². The van der Waals surface area contributed by atoms with Gasteiger partial charge in [-0.1, -0.05) is 36.4 Å². The van der Waals surface area contributed by atoms with Crippen molar-refractivity contribution < 1.29 is 9.90 Å². The second-order valence-electron chi connectivity index (χ2n) is 6.85. The molecule has 3 aromatic rings. The first kappa shape index (κ1) is 17.5. The van der Waals surface area contributed by atoms with E-state index in [4.69, 9.17) is 5.11 Å². The minimum absolute atomic E-state index is 0.155. The summed E-state index contributed by atoms with van der Waals surface area (Å²) in [4.78, 5) is 10.8. The molecular formula is C20H20IN3O2. The first-order valence-electron chi connectivity index (χ1n) is 8.93. The topological polar surface area (TPSA) is 68.0 Å². The lowest BCUT2D eigenvalue weighted by molar-refractivity contribution is -0.137. The molecule has 1 heterocycles. The maximum absolute atomic E-state index is 10.8. The van der Waals surface area contributed by atoms with Gasteiger partial charge in [-0.3, -0.25) is 4.79 Å². The Morgan fingerprint density at radius 3 is 2.65 bits per heavy atom. The summed E-state index contributed by atoms with van der Waals surface area (Å²) in [7, 11) is 0. The molecule has 0 atom stereocenters. The third-order valence-corrected chi connectivity index (χ3v) is 5.77. The SMILES string of the molecule is O=C(O)CCCc1nnc(I)n1Cc1ccc(C2CC2)c2ccccc12. The highest BCUT2D eigenvalue weighted by Crippen LogP contribution is 2.43. The lowest BCUT2D eigenvalue weighted by Gasteiger charge is -2.13. The van der Waals surface area contributed by atoms with Gasteiger partial charge in [0.1, 0.15) is 5.82 Å². The Morgan fingerprint density at radius 1 is 1.15 bits per heavy atom. The zero-order chi connectivity index (χ0) is 18.1. The molecular weight excluding hydrogens is 441 g/mol. The third-order valence-electron chi connectivity index (χ3n) is 4.97. The number of carboxylic acid groups (broad SMARTS) is 1. The molecule has 6 heteroatoms. The van der Waals surface area contributed by atoms with E-state index in [2.05, 4.69) is 73.8 Å². The molecule has 5 nitrogen and oxygen atoms in total. The van der Waals surface area contributed by atoms with Gasteiger partial charge in [0.2, 0.25) is 0 Å². The lowest BCUT2D eigenvalue weighted by atomic mass is 9.97. The van der Waals surface area contributed by atoms with Crippen LogP contribution in [0.25, 0.3) is 10.8 Å². The molecule has 0 unspecified atom stereocenters. The number of benzene rings is 2. The quantitative estimate of drug-likeness (QED) is 0.531. The predicted octanol–water partition coefficient (Wildman–Crippen LogP) is 4.37. The Labute approximate surface area is 165 Å². The molecule has 1 aromatic heterocycles. The molecule has 1 saturated carbocycles. The largest absolute Gasteiger partial charge is 0.481 e. The van der Waals surface area contributed by atoms with Crippen LogP contribution in [0.3, 0.4) is 0 Å². The van der Waals surface area contributed by atoms with Crippen LogP contribution >= 0.6 is 22.6 Å². The fraction of sp³-hybridized carbons (Fsp3) is 0.350. The fourth-order valence-electron chi connectivity index (χ4n) is 3.50. The van der Waals surface area contributed by atoms with Gasteiger partial charge in [0.25, 0.3) is 0 Å². The van der Waals surface area contributed by atoms with Gasteiger partial charge in [-0.2, -0.15) is 0 Å². The average molecular weight is 461 g/mol. The van der Waals surface area contributed by atoms with Crippen molar-refractivity contribution in [1.82, 2.24) is 14.8 Å². The predicted molar refractivity (Wildman–Crippen MR) is 108 cm³/mol. The highest BCUT2D eigenvalue weighted by molar-refractivity contribution is 14.1. The van der Waals surface area contributed by atoms with Gasteiger partial charge in [0.15, 0.2) is 3.83 Å². The maximum atomic E-state index is 10.8. The number of halogens is 1. The molecule has 1 N–H and O–H groups in total. The summed E-state index contributed by atoms with van der Waals surface area (Å²) < 4.78 is 2.93. The Kier molecular flexibility index (Phi) is 4.93. The van der Waals surface area contributed by atoms with E-state index in [1.54, 1.807) is 0 Å². The van der Waals surface area contributed by atoms with Crippen LogP contribution < -0.4 is 0 Å². The van der Waals surface area contributed by atoms with Crippen molar-refractivity contribution in [3.8, 4) is 0 Å². The smallest absolute Gasteiger partial charge is 0.303 e. The number of fused-ring (bicyclic) bond motifs is 1.